The molecule has 2 aromatic rings. The van der Waals surface area contributed by atoms with E-state index in [2.05, 4.69) is 10.3 Å². The van der Waals surface area contributed by atoms with Crippen molar-refractivity contribution in [3.63, 3.8) is 0 Å². The lowest BCUT2D eigenvalue weighted by atomic mass is 10.2. The number of amides is 1. The van der Waals surface area contributed by atoms with Crippen molar-refractivity contribution in [2.75, 3.05) is 34.9 Å². The van der Waals surface area contributed by atoms with Gasteiger partial charge in [-0.3, -0.25) is 9.79 Å². The molecule has 2 aliphatic heterocycles. The van der Waals surface area contributed by atoms with Gasteiger partial charge in [-0.15, -0.1) is 0 Å². The van der Waals surface area contributed by atoms with Crippen LogP contribution < -0.4 is 15.0 Å². The number of hydrogen-bond donors (Lipinski definition) is 1. The molecular weight excluding hydrogens is 453 g/mol. The van der Waals surface area contributed by atoms with E-state index >= 15 is 0 Å². The van der Waals surface area contributed by atoms with Crippen molar-refractivity contribution in [3.05, 3.63) is 53.8 Å². The molecule has 0 spiro atoms. The Morgan fingerprint density at radius 3 is 2.66 bits per heavy atom. The van der Waals surface area contributed by atoms with Gasteiger partial charge in [0.25, 0.3) is 0 Å². The van der Waals surface area contributed by atoms with Crippen LogP contribution in [0, 0.1) is 12.7 Å². The quantitative estimate of drug-likeness (QED) is 0.687. The normalized spacial score (nSPS) is 21.0. The van der Waals surface area contributed by atoms with Crippen LogP contribution in [0.1, 0.15) is 12.5 Å². The SMILES string of the molecule is CCOc1ccc(N(CC(=O)Nc2ccc(C)c(F)c2)C2=N[C@@H]3CS(=O)(=O)C[C@@H]3S2)cc1. The van der Waals surface area contributed by atoms with Gasteiger partial charge in [0.1, 0.15) is 18.1 Å². The number of carbonyl (C=O) groups excluding carboxylic acids is 1. The molecule has 1 amide bonds. The highest BCUT2D eigenvalue weighted by Gasteiger charge is 2.44. The Balaban J connectivity index is 1.56. The second-order valence-electron chi connectivity index (χ2n) is 7.74. The minimum atomic E-state index is -3.08. The highest BCUT2D eigenvalue weighted by atomic mass is 32.2. The number of sulfone groups is 1. The number of hydrogen-bond acceptors (Lipinski definition) is 7. The zero-order valence-corrected chi connectivity index (χ0v) is 19.4. The first-order valence-electron chi connectivity index (χ1n) is 10.3. The van der Waals surface area contributed by atoms with E-state index in [1.807, 2.05) is 31.2 Å². The maximum absolute atomic E-state index is 13.9. The Morgan fingerprint density at radius 1 is 1.25 bits per heavy atom. The van der Waals surface area contributed by atoms with Crippen molar-refractivity contribution < 1.29 is 22.3 Å². The van der Waals surface area contributed by atoms with Crippen LogP contribution in [0.3, 0.4) is 0 Å². The number of nitrogens with one attached hydrogen (secondary N) is 1. The highest BCUT2D eigenvalue weighted by Crippen LogP contribution is 2.37. The Bertz CT molecular complexity index is 1150. The van der Waals surface area contributed by atoms with Gasteiger partial charge in [-0.05, 0) is 55.8 Å². The van der Waals surface area contributed by atoms with Gasteiger partial charge in [0.15, 0.2) is 15.0 Å². The molecule has 0 bridgehead atoms. The third kappa shape index (κ3) is 5.07. The van der Waals surface area contributed by atoms with Crippen molar-refractivity contribution in [1.82, 2.24) is 0 Å². The largest absolute Gasteiger partial charge is 0.494 e. The molecule has 2 atom stereocenters. The standard InChI is InChI=1S/C22H24FN3O4S2/c1-3-30-17-8-6-16(7-9-17)26(22-25-19-12-32(28,29)13-20(19)31-22)11-21(27)24-15-5-4-14(2)18(23)10-15/h4-10,19-20H,3,11-13H2,1-2H3,(H,24,27)/t19-,20+/m1/s1. The Morgan fingerprint density at radius 2 is 2.00 bits per heavy atom. The van der Waals surface area contributed by atoms with Gasteiger partial charge >= 0.3 is 0 Å². The molecule has 4 rings (SSSR count). The molecule has 2 aliphatic rings. The number of amidine groups is 1. The van der Waals surface area contributed by atoms with Crippen LogP contribution in [0.15, 0.2) is 47.5 Å². The average molecular weight is 478 g/mol. The van der Waals surface area contributed by atoms with Gasteiger partial charge in [0, 0.05) is 16.6 Å². The lowest BCUT2D eigenvalue weighted by Crippen LogP contribution is -2.36. The Kier molecular flexibility index (Phi) is 6.43. The van der Waals surface area contributed by atoms with Crippen LogP contribution in [-0.4, -0.2) is 55.4 Å². The number of nitrogens with zero attached hydrogens (tertiary/aromatic N) is 2. The molecule has 2 heterocycles. The summed E-state index contributed by atoms with van der Waals surface area (Å²) in [6.45, 7) is 4.04. The van der Waals surface area contributed by atoms with Crippen molar-refractivity contribution in [2.24, 2.45) is 4.99 Å². The molecular formula is C22H24FN3O4S2. The summed E-state index contributed by atoms with van der Waals surface area (Å²) < 4.78 is 43.2. The summed E-state index contributed by atoms with van der Waals surface area (Å²) in [6.07, 6.45) is 0. The van der Waals surface area contributed by atoms with Crippen LogP contribution in [-0.2, 0) is 14.6 Å². The third-order valence-electron chi connectivity index (χ3n) is 5.25. The topological polar surface area (TPSA) is 88.1 Å². The number of rotatable bonds is 6. The first-order valence-corrected chi connectivity index (χ1v) is 13.0. The molecule has 0 aliphatic carbocycles. The monoisotopic (exact) mass is 477 g/mol. The van der Waals surface area contributed by atoms with Crippen LogP contribution in [0.2, 0.25) is 0 Å². The maximum atomic E-state index is 13.9. The maximum Gasteiger partial charge on any atom is 0.244 e. The van der Waals surface area contributed by atoms with Crippen molar-refractivity contribution in [2.45, 2.75) is 25.1 Å². The van der Waals surface area contributed by atoms with Gasteiger partial charge < -0.3 is 15.0 Å². The number of anilines is 2. The summed E-state index contributed by atoms with van der Waals surface area (Å²) in [5.74, 6) is 0.0901. The molecule has 170 valence electrons. The molecule has 10 heteroatoms. The molecule has 32 heavy (non-hydrogen) atoms. The second-order valence-corrected chi connectivity index (χ2v) is 11.1. The second kappa shape index (κ2) is 9.11. The number of fused-ring (bicyclic) bond motifs is 1. The number of halogens is 1. The number of benzene rings is 2. The van der Waals surface area contributed by atoms with E-state index in [1.54, 1.807) is 24.0 Å². The summed E-state index contributed by atoms with van der Waals surface area (Å²) >= 11 is 1.38. The smallest absolute Gasteiger partial charge is 0.244 e. The van der Waals surface area contributed by atoms with Crippen LogP contribution >= 0.6 is 11.8 Å². The number of ether oxygens (including phenoxy) is 1. The van der Waals surface area contributed by atoms with Gasteiger partial charge in [0.05, 0.1) is 24.2 Å². The van der Waals surface area contributed by atoms with Crippen molar-refractivity contribution in [3.8, 4) is 5.75 Å². The molecule has 7 nitrogen and oxygen atoms in total. The third-order valence-corrected chi connectivity index (χ3v) is 8.50. The Hall–Kier alpha value is -2.59. The van der Waals surface area contributed by atoms with Crippen LogP contribution in [0.4, 0.5) is 15.8 Å². The van der Waals surface area contributed by atoms with Crippen LogP contribution in [0.25, 0.3) is 0 Å². The minimum absolute atomic E-state index is 0.0279. The molecule has 0 aromatic heterocycles. The van der Waals surface area contributed by atoms with Crippen LogP contribution in [0.5, 0.6) is 5.75 Å². The molecule has 1 saturated heterocycles. The van der Waals surface area contributed by atoms with E-state index in [1.165, 1.54) is 17.8 Å². The summed E-state index contributed by atoms with van der Waals surface area (Å²) in [5.41, 5.74) is 1.60. The molecule has 2 aromatic carbocycles. The van der Waals surface area contributed by atoms with E-state index in [0.717, 1.165) is 5.69 Å². The minimum Gasteiger partial charge on any atom is -0.494 e. The van der Waals surface area contributed by atoms with Gasteiger partial charge in [0.2, 0.25) is 5.91 Å². The zero-order valence-electron chi connectivity index (χ0n) is 17.7. The average Bonchev–Trinajstić information content (AvgIpc) is 3.23. The fourth-order valence-corrected chi connectivity index (χ4v) is 7.42. The summed E-state index contributed by atoms with van der Waals surface area (Å²) in [4.78, 5) is 19.2. The lowest BCUT2D eigenvalue weighted by Gasteiger charge is -2.24. The fraction of sp³-hybridized carbons (Fsp3) is 0.364. The number of aliphatic imine (C=N–C) groups is 1. The van der Waals surface area contributed by atoms with E-state index in [0.29, 0.717) is 28.8 Å². The van der Waals surface area contributed by atoms with E-state index in [-0.39, 0.29) is 35.2 Å². The first-order chi connectivity index (χ1) is 15.2. The van der Waals surface area contributed by atoms with Gasteiger partial charge in [-0.1, -0.05) is 17.8 Å². The Labute approximate surface area is 191 Å². The fourth-order valence-electron chi connectivity index (χ4n) is 3.64. The molecule has 1 N–H and O–H groups in total. The lowest BCUT2D eigenvalue weighted by molar-refractivity contribution is -0.114. The number of thioether (sulfide) groups is 1. The molecule has 1 fully saturated rings. The van der Waals surface area contributed by atoms with Gasteiger partial charge in [-0.2, -0.15) is 0 Å². The number of aryl methyl sites for hydroxylation is 1. The predicted molar refractivity (Wildman–Crippen MR) is 126 cm³/mol. The summed E-state index contributed by atoms with van der Waals surface area (Å²) in [6, 6.07) is 11.5. The molecule has 0 saturated carbocycles. The summed E-state index contributed by atoms with van der Waals surface area (Å²) in [7, 11) is -3.08. The van der Waals surface area contributed by atoms with E-state index in [9.17, 15) is 17.6 Å². The van der Waals surface area contributed by atoms with E-state index in [4.69, 9.17) is 4.74 Å². The van der Waals surface area contributed by atoms with Crippen molar-refractivity contribution >= 4 is 44.0 Å². The van der Waals surface area contributed by atoms with Crippen molar-refractivity contribution in [1.29, 1.82) is 0 Å². The predicted octanol–water partition coefficient (Wildman–Crippen LogP) is 3.25. The first kappa shape index (κ1) is 22.6. The molecule has 0 radical (unpaired) electrons. The van der Waals surface area contributed by atoms with Gasteiger partial charge in [-0.25, -0.2) is 12.8 Å². The summed E-state index contributed by atoms with van der Waals surface area (Å²) in [5, 5.41) is 3.18. The van der Waals surface area contributed by atoms with E-state index < -0.39 is 15.7 Å². The zero-order chi connectivity index (χ0) is 22.9. The highest BCUT2D eigenvalue weighted by molar-refractivity contribution is 8.15. The number of carbonyl (C=O) groups is 1. The molecule has 0 unspecified atom stereocenters.